The van der Waals surface area contributed by atoms with Crippen LogP contribution in [-0.2, 0) is 9.47 Å². The molecule has 29 heavy (non-hydrogen) atoms. The number of rotatable bonds is 5. The van der Waals surface area contributed by atoms with Crippen molar-refractivity contribution in [2.75, 3.05) is 6.61 Å². The molecule has 0 unspecified atom stereocenters. The molecule has 2 aliphatic rings. The van der Waals surface area contributed by atoms with Crippen LogP contribution in [-0.4, -0.2) is 55.2 Å². The minimum Gasteiger partial charge on any atom is -0.390 e. The van der Waals surface area contributed by atoms with Crippen molar-refractivity contribution in [1.29, 1.82) is 0 Å². The second-order valence-electron chi connectivity index (χ2n) is 6.24. The number of nitro groups is 2. The van der Waals surface area contributed by atoms with E-state index in [1.54, 1.807) is 0 Å². The molecule has 3 atom stereocenters. The lowest BCUT2D eigenvalue weighted by atomic mass is 10.0. The van der Waals surface area contributed by atoms with E-state index in [-0.39, 0.29) is 24.3 Å². The number of aromatic nitrogens is 3. The Morgan fingerprint density at radius 1 is 1.31 bits per heavy atom. The highest BCUT2D eigenvalue weighted by Crippen LogP contribution is 2.33. The van der Waals surface area contributed by atoms with Gasteiger partial charge in [-0.25, -0.2) is 5.43 Å². The summed E-state index contributed by atoms with van der Waals surface area (Å²) in [5.74, 6) is -1.18. The summed E-state index contributed by atoms with van der Waals surface area (Å²) in [5.41, 5.74) is 2.52. The quantitative estimate of drug-likeness (QED) is 0.552. The van der Waals surface area contributed by atoms with Crippen molar-refractivity contribution in [3.63, 3.8) is 0 Å². The Bertz CT molecular complexity index is 1020. The fourth-order valence-electron chi connectivity index (χ4n) is 3.06. The van der Waals surface area contributed by atoms with E-state index in [1.165, 1.54) is 29.2 Å². The summed E-state index contributed by atoms with van der Waals surface area (Å²) in [6.45, 7) is 0.223. The summed E-state index contributed by atoms with van der Waals surface area (Å²) in [5, 5.41) is 29.5. The van der Waals surface area contributed by atoms with E-state index in [9.17, 15) is 25.0 Å². The Hall–Kier alpha value is -3.78. The van der Waals surface area contributed by atoms with Crippen LogP contribution < -0.4 is 5.43 Å². The zero-order valence-electron chi connectivity index (χ0n) is 14.6. The van der Waals surface area contributed by atoms with Gasteiger partial charge in [0.1, 0.15) is 12.1 Å². The molecule has 14 heteroatoms. The summed E-state index contributed by atoms with van der Waals surface area (Å²) >= 11 is 0. The topological polar surface area (TPSA) is 177 Å². The number of non-ortho nitro benzene ring substituents is 1. The van der Waals surface area contributed by atoms with Gasteiger partial charge in [0.2, 0.25) is 6.33 Å². The first-order chi connectivity index (χ1) is 13.9. The van der Waals surface area contributed by atoms with Crippen LogP contribution in [0.2, 0.25) is 0 Å². The van der Waals surface area contributed by atoms with Crippen LogP contribution in [0.3, 0.4) is 0 Å². The predicted octanol–water partition coefficient (Wildman–Crippen LogP) is 0.567. The summed E-state index contributed by atoms with van der Waals surface area (Å²) in [6.07, 6.45) is 0.322. The normalized spacial score (nSPS) is 24.4. The van der Waals surface area contributed by atoms with Crippen molar-refractivity contribution in [2.24, 2.45) is 5.10 Å². The number of nitrogens with one attached hydrogen (secondary N) is 1. The minimum absolute atomic E-state index is 0.0638. The number of nitrogens with zero attached hydrogens (tertiary/aromatic N) is 6. The van der Waals surface area contributed by atoms with E-state index in [0.29, 0.717) is 5.71 Å². The molecule has 1 aromatic heterocycles. The van der Waals surface area contributed by atoms with Crippen molar-refractivity contribution in [3.8, 4) is 0 Å². The fourth-order valence-corrected chi connectivity index (χ4v) is 3.06. The molecule has 1 amide bonds. The van der Waals surface area contributed by atoms with E-state index >= 15 is 0 Å². The van der Waals surface area contributed by atoms with E-state index in [0.717, 1.165) is 6.07 Å². The maximum absolute atomic E-state index is 12.3. The Morgan fingerprint density at radius 2 is 2.14 bits per heavy atom. The Balaban J connectivity index is 1.51. The molecule has 1 aromatic carbocycles. The van der Waals surface area contributed by atoms with Gasteiger partial charge in [-0.2, -0.15) is 9.78 Å². The molecule has 2 saturated heterocycles. The summed E-state index contributed by atoms with van der Waals surface area (Å²) in [6, 6.07) is 4.75. The highest BCUT2D eigenvalue weighted by Gasteiger charge is 2.44. The number of amides is 1. The van der Waals surface area contributed by atoms with E-state index in [4.69, 9.17) is 9.47 Å². The van der Waals surface area contributed by atoms with Gasteiger partial charge in [-0.3, -0.25) is 14.9 Å². The molecule has 0 spiro atoms. The average molecular weight is 403 g/mol. The molecule has 1 N–H and O–H groups in total. The molecule has 0 aliphatic carbocycles. The number of fused-ring (bicyclic) bond motifs is 2. The highest BCUT2D eigenvalue weighted by molar-refractivity contribution is 5.96. The second-order valence-corrected chi connectivity index (χ2v) is 6.24. The molecule has 14 nitrogen and oxygen atoms in total. The van der Waals surface area contributed by atoms with E-state index in [2.05, 4.69) is 20.6 Å². The molecular formula is C15H13N7O7. The number of nitro benzene ring substituents is 1. The third-order valence-electron chi connectivity index (χ3n) is 4.45. The van der Waals surface area contributed by atoms with Crippen molar-refractivity contribution >= 4 is 23.3 Å². The molecule has 3 heterocycles. The first-order valence-electron chi connectivity index (χ1n) is 8.36. The lowest BCUT2D eigenvalue weighted by molar-refractivity contribution is -0.394. The van der Waals surface area contributed by atoms with Gasteiger partial charge in [0.15, 0.2) is 6.29 Å². The SMILES string of the molecule is O=C(N/N=C1\C[C@@H](n2cnc([N+](=O)[O-])n2)[C@@H]2CO[C@@H]1O2)c1cccc([N+](=O)[O-])c1. The van der Waals surface area contributed by atoms with Crippen LogP contribution >= 0.6 is 0 Å². The van der Waals surface area contributed by atoms with Crippen LogP contribution in [0.1, 0.15) is 22.8 Å². The van der Waals surface area contributed by atoms with Crippen LogP contribution in [0, 0.1) is 20.2 Å². The van der Waals surface area contributed by atoms with E-state index in [1.807, 2.05) is 0 Å². The molecule has 2 bridgehead atoms. The molecule has 2 aliphatic heterocycles. The number of ether oxygens (including phenoxy) is 2. The van der Waals surface area contributed by atoms with Crippen molar-refractivity contribution in [3.05, 3.63) is 56.4 Å². The second kappa shape index (κ2) is 7.33. The van der Waals surface area contributed by atoms with Gasteiger partial charge in [0, 0.05) is 29.2 Å². The zero-order chi connectivity index (χ0) is 20.5. The molecule has 0 radical (unpaired) electrons. The minimum atomic E-state index is -0.764. The van der Waals surface area contributed by atoms with Gasteiger partial charge in [-0.1, -0.05) is 11.1 Å². The van der Waals surface area contributed by atoms with Crippen LogP contribution in [0.25, 0.3) is 0 Å². The van der Waals surface area contributed by atoms with E-state index < -0.39 is 40.1 Å². The third-order valence-corrected chi connectivity index (χ3v) is 4.45. The van der Waals surface area contributed by atoms with Gasteiger partial charge < -0.3 is 19.6 Å². The Labute approximate surface area is 161 Å². The molecule has 0 saturated carbocycles. The standard InChI is InChI=1S/C15H13N7O7/c23-13(8-2-1-3-9(4-8)21(24)25)18-17-10-5-11(12-6-28-14(10)29-12)20-7-16-15(19-20)22(26)27/h1-4,7,11-12,14H,5-6H2,(H,18,23)/b17-10+/t11-,12+,14-/m1/s1. The maximum Gasteiger partial charge on any atom is 0.490 e. The van der Waals surface area contributed by atoms with Gasteiger partial charge >= 0.3 is 5.95 Å². The maximum atomic E-state index is 12.3. The van der Waals surface area contributed by atoms with Crippen molar-refractivity contribution in [2.45, 2.75) is 24.9 Å². The van der Waals surface area contributed by atoms with Gasteiger partial charge in [-0.05, 0) is 11.0 Å². The number of benzene rings is 1. The lowest BCUT2D eigenvalue weighted by Crippen LogP contribution is -2.38. The number of carbonyl (C=O) groups is 1. The Kier molecular flexibility index (Phi) is 4.69. The lowest BCUT2D eigenvalue weighted by Gasteiger charge is -2.26. The largest absolute Gasteiger partial charge is 0.490 e. The molecule has 4 rings (SSSR count). The first kappa shape index (κ1) is 18.6. The average Bonchev–Trinajstić information content (AvgIpc) is 3.36. The predicted molar refractivity (Wildman–Crippen MR) is 92.9 cm³/mol. The van der Waals surface area contributed by atoms with Crippen LogP contribution in [0.15, 0.2) is 35.7 Å². The highest BCUT2D eigenvalue weighted by atomic mass is 16.7. The molecular weight excluding hydrogens is 390 g/mol. The number of carbonyl (C=O) groups excluding carboxylic acids is 1. The number of hydrogen-bond donors (Lipinski definition) is 1. The number of hydrazone groups is 1. The Morgan fingerprint density at radius 3 is 2.86 bits per heavy atom. The zero-order valence-corrected chi connectivity index (χ0v) is 14.6. The van der Waals surface area contributed by atoms with Crippen molar-refractivity contribution < 1.29 is 24.1 Å². The molecule has 2 aromatic rings. The van der Waals surface area contributed by atoms with Crippen molar-refractivity contribution in [1.82, 2.24) is 20.2 Å². The fraction of sp³-hybridized carbons (Fsp3) is 0.333. The van der Waals surface area contributed by atoms with Crippen LogP contribution in [0.5, 0.6) is 0 Å². The third kappa shape index (κ3) is 3.65. The molecule has 2 fully saturated rings. The molecule has 150 valence electrons. The summed E-state index contributed by atoms with van der Waals surface area (Å²) in [4.78, 5) is 36.2. The monoisotopic (exact) mass is 403 g/mol. The van der Waals surface area contributed by atoms with Crippen LogP contribution in [0.4, 0.5) is 11.6 Å². The van der Waals surface area contributed by atoms with Gasteiger partial charge in [0.05, 0.1) is 17.2 Å². The smallest absolute Gasteiger partial charge is 0.390 e. The first-order valence-corrected chi connectivity index (χ1v) is 8.36. The summed E-state index contributed by atoms with van der Waals surface area (Å²) in [7, 11) is 0. The number of hydrogen-bond acceptors (Lipinski definition) is 10. The van der Waals surface area contributed by atoms with Gasteiger partial charge in [-0.15, -0.1) is 0 Å². The van der Waals surface area contributed by atoms with Gasteiger partial charge in [0.25, 0.3) is 11.6 Å². The summed E-state index contributed by atoms with van der Waals surface area (Å²) < 4.78 is 12.5.